The molecule has 4 rings (SSSR count). The van der Waals surface area contributed by atoms with Gasteiger partial charge >= 0.3 is 0 Å². The molecular weight excluding hydrogens is 308 g/mol. The van der Waals surface area contributed by atoms with Crippen LogP contribution in [0.5, 0.6) is 0 Å². The fourth-order valence-electron chi connectivity index (χ4n) is 4.42. The van der Waals surface area contributed by atoms with Crippen molar-refractivity contribution in [2.45, 2.75) is 45.7 Å². The molecular formula is C21H30N4. The molecule has 0 atom stereocenters. The van der Waals surface area contributed by atoms with E-state index in [1.807, 2.05) is 0 Å². The van der Waals surface area contributed by atoms with E-state index in [9.17, 15) is 0 Å². The second-order valence-corrected chi connectivity index (χ2v) is 8.15. The summed E-state index contributed by atoms with van der Waals surface area (Å²) in [6.07, 6.45) is 6.29. The van der Waals surface area contributed by atoms with Crippen LogP contribution in [0.2, 0.25) is 0 Å². The van der Waals surface area contributed by atoms with E-state index in [0.717, 1.165) is 12.2 Å². The van der Waals surface area contributed by atoms with Crippen molar-refractivity contribution in [3.8, 4) is 11.3 Å². The number of hydrogen-bond acceptors (Lipinski definition) is 3. The molecule has 1 spiro atoms. The van der Waals surface area contributed by atoms with Crippen LogP contribution in [0.3, 0.4) is 0 Å². The molecule has 2 aliphatic rings. The number of hydrogen-bond donors (Lipinski definition) is 1. The van der Waals surface area contributed by atoms with Gasteiger partial charge in [0, 0.05) is 36.5 Å². The molecule has 4 nitrogen and oxygen atoms in total. The van der Waals surface area contributed by atoms with E-state index in [2.05, 4.69) is 65.3 Å². The Morgan fingerprint density at radius 3 is 2.60 bits per heavy atom. The Morgan fingerprint density at radius 2 is 1.88 bits per heavy atom. The number of nitrogens with one attached hydrogen (secondary N) is 1. The molecule has 0 bridgehead atoms. The van der Waals surface area contributed by atoms with E-state index < -0.39 is 0 Å². The maximum atomic E-state index is 4.91. The highest BCUT2D eigenvalue weighted by Gasteiger charge is 2.38. The van der Waals surface area contributed by atoms with Gasteiger partial charge in [-0.05, 0) is 58.2 Å². The molecule has 3 heterocycles. The summed E-state index contributed by atoms with van der Waals surface area (Å²) in [5, 5.41) is 8.42. The van der Waals surface area contributed by atoms with Crippen LogP contribution >= 0.6 is 0 Å². The summed E-state index contributed by atoms with van der Waals surface area (Å²) in [6.45, 7) is 10.3. The van der Waals surface area contributed by atoms with E-state index in [4.69, 9.17) is 5.10 Å². The Kier molecular flexibility index (Phi) is 4.65. The zero-order valence-corrected chi connectivity index (χ0v) is 15.5. The summed E-state index contributed by atoms with van der Waals surface area (Å²) < 4.78 is 2.12. The third kappa shape index (κ3) is 3.51. The minimum Gasteiger partial charge on any atom is -0.317 e. The summed E-state index contributed by atoms with van der Waals surface area (Å²) in [6, 6.07) is 11.0. The highest BCUT2D eigenvalue weighted by Crippen LogP contribution is 2.39. The molecule has 0 saturated carbocycles. The molecule has 2 saturated heterocycles. The van der Waals surface area contributed by atoms with Gasteiger partial charge in [0.05, 0.1) is 5.69 Å². The van der Waals surface area contributed by atoms with Gasteiger partial charge in [0.1, 0.15) is 0 Å². The minimum absolute atomic E-state index is 0.394. The third-order valence-electron chi connectivity index (χ3n) is 5.96. The first-order valence-electron chi connectivity index (χ1n) is 9.72. The average Bonchev–Trinajstić information content (AvgIpc) is 3.22. The maximum Gasteiger partial charge on any atom is 0.0968 e. The normalized spacial score (nSPS) is 20.6. The van der Waals surface area contributed by atoms with E-state index in [1.54, 1.807) is 0 Å². The van der Waals surface area contributed by atoms with Crippen LogP contribution < -0.4 is 5.32 Å². The Bertz CT molecular complexity index is 698. The minimum atomic E-state index is 0.394. The number of aromatic nitrogens is 2. The first kappa shape index (κ1) is 16.8. The first-order chi connectivity index (χ1) is 12.2. The molecule has 1 N–H and O–H groups in total. The Balaban J connectivity index is 1.56. The quantitative estimate of drug-likeness (QED) is 0.922. The molecule has 134 valence electrons. The smallest absolute Gasteiger partial charge is 0.0968 e. The lowest BCUT2D eigenvalue weighted by Gasteiger charge is -2.33. The predicted octanol–water partition coefficient (Wildman–Crippen LogP) is 3.71. The first-order valence-corrected chi connectivity index (χ1v) is 9.72. The number of nitrogens with zero attached hydrogens (tertiary/aromatic N) is 3. The van der Waals surface area contributed by atoms with Crippen molar-refractivity contribution >= 4 is 0 Å². The van der Waals surface area contributed by atoms with Crippen LogP contribution in [0.4, 0.5) is 0 Å². The summed E-state index contributed by atoms with van der Waals surface area (Å²) in [7, 11) is 0. The van der Waals surface area contributed by atoms with Crippen molar-refractivity contribution < 1.29 is 0 Å². The molecule has 2 aromatic rings. The van der Waals surface area contributed by atoms with Gasteiger partial charge in [-0.2, -0.15) is 5.10 Å². The van der Waals surface area contributed by atoms with Gasteiger partial charge in [0.15, 0.2) is 0 Å². The molecule has 25 heavy (non-hydrogen) atoms. The number of benzene rings is 1. The molecule has 4 heteroatoms. The number of rotatable bonds is 4. The van der Waals surface area contributed by atoms with Crippen molar-refractivity contribution in [1.82, 2.24) is 20.0 Å². The molecule has 2 aliphatic heterocycles. The van der Waals surface area contributed by atoms with Gasteiger partial charge in [-0.15, -0.1) is 0 Å². The van der Waals surface area contributed by atoms with Crippen molar-refractivity contribution in [2.24, 2.45) is 5.41 Å². The lowest BCUT2D eigenvalue weighted by Crippen LogP contribution is -2.38. The lowest BCUT2D eigenvalue weighted by atomic mass is 9.78. The third-order valence-corrected chi connectivity index (χ3v) is 5.96. The zero-order valence-electron chi connectivity index (χ0n) is 15.5. The van der Waals surface area contributed by atoms with E-state index in [1.165, 1.54) is 56.6 Å². The topological polar surface area (TPSA) is 33.1 Å². The molecule has 1 aromatic carbocycles. The SMILES string of the molecule is CC(C)n1cc(CN2CCC3(CCNCC3)C2)c(-c2ccccc2)n1. The van der Waals surface area contributed by atoms with Gasteiger partial charge in [0.25, 0.3) is 0 Å². The highest BCUT2D eigenvalue weighted by atomic mass is 15.3. The van der Waals surface area contributed by atoms with Crippen molar-refractivity contribution in [1.29, 1.82) is 0 Å². The molecule has 0 radical (unpaired) electrons. The fraction of sp³-hybridized carbons (Fsp3) is 0.571. The summed E-state index contributed by atoms with van der Waals surface area (Å²) in [4.78, 5) is 2.65. The van der Waals surface area contributed by atoms with Crippen molar-refractivity contribution in [3.63, 3.8) is 0 Å². The Hall–Kier alpha value is -1.65. The van der Waals surface area contributed by atoms with Crippen LogP contribution in [-0.2, 0) is 6.54 Å². The van der Waals surface area contributed by atoms with E-state index >= 15 is 0 Å². The largest absolute Gasteiger partial charge is 0.317 e. The summed E-state index contributed by atoms with van der Waals surface area (Å²) >= 11 is 0. The van der Waals surface area contributed by atoms with Gasteiger partial charge in [-0.25, -0.2) is 0 Å². The van der Waals surface area contributed by atoms with E-state index in [-0.39, 0.29) is 0 Å². The average molecular weight is 338 g/mol. The van der Waals surface area contributed by atoms with Gasteiger partial charge in [0.2, 0.25) is 0 Å². The molecule has 2 fully saturated rings. The maximum absolute atomic E-state index is 4.91. The second kappa shape index (κ2) is 6.93. The van der Waals surface area contributed by atoms with Gasteiger partial charge in [-0.3, -0.25) is 9.58 Å². The van der Waals surface area contributed by atoms with Crippen LogP contribution in [0.25, 0.3) is 11.3 Å². The highest BCUT2D eigenvalue weighted by molar-refractivity contribution is 5.62. The number of piperidine rings is 1. The van der Waals surface area contributed by atoms with Crippen molar-refractivity contribution in [2.75, 3.05) is 26.2 Å². The monoisotopic (exact) mass is 338 g/mol. The van der Waals surface area contributed by atoms with Gasteiger partial charge < -0.3 is 5.32 Å². The molecule has 0 unspecified atom stereocenters. The predicted molar refractivity (Wildman–Crippen MR) is 102 cm³/mol. The van der Waals surface area contributed by atoms with E-state index in [0.29, 0.717) is 11.5 Å². The Labute approximate surface area is 151 Å². The number of likely N-dealkylation sites (tertiary alicyclic amines) is 1. The van der Waals surface area contributed by atoms with Gasteiger partial charge in [-0.1, -0.05) is 30.3 Å². The van der Waals surface area contributed by atoms with Crippen LogP contribution in [0.1, 0.15) is 44.7 Å². The lowest BCUT2D eigenvalue weighted by molar-refractivity contribution is 0.194. The molecule has 0 amide bonds. The zero-order chi connectivity index (χ0) is 17.3. The Morgan fingerprint density at radius 1 is 1.12 bits per heavy atom. The fourth-order valence-corrected chi connectivity index (χ4v) is 4.42. The van der Waals surface area contributed by atoms with Crippen molar-refractivity contribution in [3.05, 3.63) is 42.1 Å². The van der Waals surface area contributed by atoms with Crippen LogP contribution in [-0.4, -0.2) is 40.9 Å². The molecule has 0 aliphatic carbocycles. The van der Waals surface area contributed by atoms with Crippen LogP contribution in [0, 0.1) is 5.41 Å². The molecule has 1 aromatic heterocycles. The van der Waals surface area contributed by atoms with Crippen LogP contribution in [0.15, 0.2) is 36.5 Å². The summed E-state index contributed by atoms with van der Waals surface area (Å²) in [5.74, 6) is 0. The standard InChI is InChI=1S/C21H30N4/c1-17(2)25-15-19(20(23-25)18-6-4-3-5-7-18)14-24-13-10-21(16-24)8-11-22-12-9-21/h3-7,15,17,22H,8-14,16H2,1-2H3. The summed E-state index contributed by atoms with van der Waals surface area (Å²) in [5.41, 5.74) is 4.31. The second-order valence-electron chi connectivity index (χ2n) is 8.15.